The molecule has 1 fully saturated rings. The van der Waals surface area contributed by atoms with E-state index in [9.17, 15) is 4.79 Å². The lowest BCUT2D eigenvalue weighted by Gasteiger charge is -2.31. The first-order chi connectivity index (χ1) is 7.03. The van der Waals surface area contributed by atoms with Gasteiger partial charge in [-0.2, -0.15) is 4.79 Å². The van der Waals surface area contributed by atoms with Gasteiger partial charge in [-0.05, 0) is 20.3 Å². The van der Waals surface area contributed by atoms with Gasteiger partial charge in [-0.25, -0.2) is 0 Å². The summed E-state index contributed by atoms with van der Waals surface area (Å²) in [5.41, 5.74) is 7.68. The van der Waals surface area contributed by atoms with Gasteiger partial charge in [0, 0.05) is 0 Å². The van der Waals surface area contributed by atoms with Crippen LogP contribution in [-0.2, 0) is 9.53 Å². The summed E-state index contributed by atoms with van der Waals surface area (Å²) in [6.07, 6.45) is 3.28. The van der Waals surface area contributed by atoms with Crippen molar-refractivity contribution in [1.82, 2.24) is 4.90 Å². The minimum Gasteiger partial charge on any atom is -0.361 e. The highest BCUT2D eigenvalue weighted by Crippen LogP contribution is 2.28. The van der Waals surface area contributed by atoms with E-state index in [1.54, 1.807) is 24.8 Å². The van der Waals surface area contributed by atoms with Crippen molar-refractivity contribution < 1.29 is 14.3 Å². The van der Waals surface area contributed by atoms with E-state index in [0.29, 0.717) is 13.0 Å². The molecule has 0 spiro atoms. The Bertz CT molecular complexity index is 319. The van der Waals surface area contributed by atoms with Crippen LogP contribution in [0.15, 0.2) is 12.7 Å². The van der Waals surface area contributed by atoms with Crippen LogP contribution in [0.1, 0.15) is 20.3 Å². The van der Waals surface area contributed by atoms with Gasteiger partial charge in [-0.15, -0.1) is 6.58 Å². The quantitative estimate of drug-likeness (QED) is 0.299. The predicted octanol–water partition coefficient (Wildman–Crippen LogP) is 0.827. The summed E-state index contributed by atoms with van der Waals surface area (Å²) >= 11 is 0. The number of carbonyl (C=O) groups excluding carboxylic acids is 1. The molecule has 1 saturated heterocycles. The Morgan fingerprint density at radius 3 is 3.00 bits per heavy atom. The predicted molar refractivity (Wildman–Crippen MR) is 55.2 cm³/mol. The maximum atomic E-state index is 11.6. The Morgan fingerprint density at radius 2 is 2.47 bits per heavy atom. The molecular weight excluding hydrogens is 194 g/mol. The lowest BCUT2D eigenvalue weighted by molar-refractivity contribution is -0.141. The zero-order chi connectivity index (χ0) is 11.5. The first-order valence-corrected chi connectivity index (χ1v) is 4.78. The Labute approximate surface area is 88.9 Å². The van der Waals surface area contributed by atoms with E-state index in [1.807, 2.05) is 0 Å². The zero-order valence-electron chi connectivity index (χ0n) is 9.01. The summed E-state index contributed by atoms with van der Waals surface area (Å²) in [5.74, 6) is -0.355. The molecule has 0 aromatic heterocycles. The second-order valence-corrected chi connectivity index (χ2v) is 3.89. The van der Waals surface area contributed by atoms with Crippen LogP contribution in [0.2, 0.25) is 0 Å². The standard InChI is InChI=1S/C10H15N3O2/c1-4-5-8-7-15-10(2,3)13(8)9(14)6-12-11/h4,6,8H,1,5,7H2,2-3H3/t8-/m0/s1. The maximum absolute atomic E-state index is 11.6. The van der Waals surface area contributed by atoms with Crippen molar-refractivity contribution in [3.05, 3.63) is 18.2 Å². The molecule has 1 atom stereocenters. The van der Waals surface area contributed by atoms with Crippen LogP contribution < -0.4 is 0 Å². The zero-order valence-corrected chi connectivity index (χ0v) is 9.01. The van der Waals surface area contributed by atoms with E-state index in [2.05, 4.69) is 11.4 Å². The molecule has 0 bridgehead atoms. The van der Waals surface area contributed by atoms with Gasteiger partial charge >= 0.3 is 12.1 Å². The minimum absolute atomic E-state index is 0.0389. The minimum atomic E-state index is -0.661. The van der Waals surface area contributed by atoms with Crippen LogP contribution in [-0.4, -0.2) is 40.2 Å². The molecule has 1 aliphatic rings. The lowest BCUT2D eigenvalue weighted by Crippen LogP contribution is -2.48. The molecule has 0 unspecified atom stereocenters. The lowest BCUT2D eigenvalue weighted by atomic mass is 10.1. The van der Waals surface area contributed by atoms with Gasteiger partial charge in [0.15, 0.2) is 0 Å². The molecule has 1 aliphatic heterocycles. The smallest absolute Gasteiger partial charge is 0.344 e. The molecule has 15 heavy (non-hydrogen) atoms. The van der Waals surface area contributed by atoms with Crippen LogP contribution in [0.25, 0.3) is 5.53 Å². The molecule has 0 aliphatic carbocycles. The normalized spacial score (nSPS) is 23.3. The van der Waals surface area contributed by atoms with Crippen molar-refractivity contribution in [2.45, 2.75) is 32.0 Å². The third kappa shape index (κ3) is 2.32. The van der Waals surface area contributed by atoms with Crippen LogP contribution in [0.5, 0.6) is 0 Å². The second kappa shape index (κ2) is 4.38. The summed E-state index contributed by atoms with van der Waals surface area (Å²) in [7, 11) is 0. The first-order valence-electron chi connectivity index (χ1n) is 4.78. The summed E-state index contributed by atoms with van der Waals surface area (Å²) in [4.78, 5) is 16.0. The Morgan fingerprint density at radius 1 is 1.80 bits per heavy atom. The molecule has 0 radical (unpaired) electrons. The molecule has 1 amide bonds. The number of amides is 1. The molecule has 5 nitrogen and oxygen atoms in total. The van der Waals surface area contributed by atoms with Crippen molar-refractivity contribution in [3.8, 4) is 0 Å². The number of hydrogen-bond donors (Lipinski definition) is 0. The van der Waals surface area contributed by atoms with Crippen LogP contribution in [0.4, 0.5) is 0 Å². The molecule has 5 heteroatoms. The molecule has 0 N–H and O–H groups in total. The Balaban J connectivity index is 2.90. The van der Waals surface area contributed by atoms with Gasteiger partial charge in [0.25, 0.3) is 0 Å². The highest BCUT2D eigenvalue weighted by molar-refractivity contribution is 6.24. The fraction of sp³-hybridized carbons (Fsp3) is 0.600. The van der Waals surface area contributed by atoms with Crippen LogP contribution in [0, 0.1) is 0 Å². The van der Waals surface area contributed by atoms with Crippen molar-refractivity contribution in [1.29, 1.82) is 0 Å². The van der Waals surface area contributed by atoms with E-state index in [-0.39, 0.29) is 11.9 Å². The summed E-state index contributed by atoms with van der Waals surface area (Å²) in [5, 5.41) is 0. The first kappa shape index (κ1) is 11.6. The number of rotatable bonds is 3. The molecule has 82 valence electrons. The number of ether oxygens (including phenoxy) is 1. The van der Waals surface area contributed by atoms with Crippen molar-refractivity contribution in [2.75, 3.05) is 6.61 Å². The van der Waals surface area contributed by atoms with Crippen molar-refractivity contribution in [2.24, 2.45) is 0 Å². The summed E-state index contributed by atoms with van der Waals surface area (Å²) in [6, 6.07) is -0.0389. The maximum Gasteiger partial charge on any atom is 0.344 e. The van der Waals surface area contributed by atoms with Gasteiger partial charge in [-0.3, -0.25) is 9.69 Å². The monoisotopic (exact) mass is 209 g/mol. The molecule has 0 aromatic carbocycles. The average Bonchev–Trinajstić information content (AvgIpc) is 2.43. The van der Waals surface area contributed by atoms with Gasteiger partial charge in [0.1, 0.15) is 5.72 Å². The van der Waals surface area contributed by atoms with Crippen molar-refractivity contribution in [3.63, 3.8) is 0 Å². The Kier molecular flexibility index (Phi) is 3.39. The van der Waals surface area contributed by atoms with E-state index in [1.165, 1.54) is 0 Å². The summed E-state index contributed by atoms with van der Waals surface area (Å²) < 4.78 is 5.50. The number of hydrogen-bond acceptors (Lipinski definition) is 2. The van der Waals surface area contributed by atoms with Crippen LogP contribution in [0.3, 0.4) is 0 Å². The molecule has 1 rings (SSSR count). The average molecular weight is 209 g/mol. The molecule has 1 heterocycles. The van der Waals surface area contributed by atoms with Gasteiger partial charge in [0.2, 0.25) is 0 Å². The highest BCUT2D eigenvalue weighted by atomic mass is 16.5. The highest BCUT2D eigenvalue weighted by Gasteiger charge is 2.43. The van der Waals surface area contributed by atoms with Crippen LogP contribution >= 0.6 is 0 Å². The van der Waals surface area contributed by atoms with E-state index < -0.39 is 5.72 Å². The van der Waals surface area contributed by atoms with Gasteiger partial charge in [0.05, 0.1) is 12.6 Å². The van der Waals surface area contributed by atoms with Crippen molar-refractivity contribution >= 4 is 12.1 Å². The third-order valence-corrected chi connectivity index (χ3v) is 2.42. The Hall–Kier alpha value is -1.45. The van der Waals surface area contributed by atoms with E-state index >= 15 is 0 Å². The van der Waals surface area contributed by atoms with Gasteiger partial charge in [-0.1, -0.05) is 6.08 Å². The van der Waals surface area contributed by atoms with E-state index in [0.717, 1.165) is 6.21 Å². The number of nitrogens with zero attached hydrogens (tertiary/aromatic N) is 3. The third-order valence-electron chi connectivity index (χ3n) is 2.42. The van der Waals surface area contributed by atoms with Gasteiger partial charge < -0.3 is 10.3 Å². The topological polar surface area (TPSA) is 65.9 Å². The number of carbonyl (C=O) groups is 1. The molecular formula is C10H15N3O2. The largest absolute Gasteiger partial charge is 0.361 e. The second-order valence-electron chi connectivity index (χ2n) is 3.89. The summed E-state index contributed by atoms with van der Waals surface area (Å²) in [6.45, 7) is 7.72. The van der Waals surface area contributed by atoms with E-state index in [4.69, 9.17) is 10.3 Å². The SMILES string of the molecule is C=CC[C@H]1COC(C)(C)N1C(=O)C=[N+]=[N-]. The molecule has 0 saturated carbocycles. The molecule has 0 aromatic rings. The fourth-order valence-corrected chi connectivity index (χ4v) is 1.81. The fourth-order valence-electron chi connectivity index (χ4n) is 1.81.